The van der Waals surface area contributed by atoms with E-state index in [-0.39, 0.29) is 61.2 Å². The molecule has 0 heterocycles. The minimum Gasteiger partial charge on any atom is -0.682 e. The Morgan fingerprint density at radius 3 is 1.92 bits per heavy atom. The fourth-order valence-corrected chi connectivity index (χ4v) is 4.79. The van der Waals surface area contributed by atoms with Crippen LogP contribution in [0.5, 0.6) is 0 Å². The Morgan fingerprint density at radius 2 is 1.44 bits per heavy atom. The molecule has 1 aromatic carbocycles. The molecule has 1 aliphatic rings. The molecular weight excluding hydrogens is 532 g/mol. The molecule has 25 heavy (non-hydrogen) atoms. The van der Waals surface area contributed by atoms with Crippen LogP contribution < -0.4 is 5.19 Å². The van der Waals surface area contributed by atoms with Gasteiger partial charge in [-0.2, -0.15) is 5.70 Å². The van der Waals surface area contributed by atoms with Gasteiger partial charge in [0.25, 0.3) is 0 Å². The van der Waals surface area contributed by atoms with Gasteiger partial charge >= 0.3 is 0 Å². The average molecular weight is 562 g/mol. The van der Waals surface area contributed by atoms with Crippen LogP contribution in [0.4, 0.5) is 0 Å². The van der Waals surface area contributed by atoms with E-state index in [1.165, 1.54) is 33.2 Å². The van der Waals surface area contributed by atoms with Crippen LogP contribution in [0.15, 0.2) is 46.7 Å². The summed E-state index contributed by atoms with van der Waals surface area (Å²) in [5.41, 5.74) is 6.90. The molecule has 5 heteroatoms. The van der Waals surface area contributed by atoms with Gasteiger partial charge in [0.05, 0.1) is 9.52 Å². The Morgan fingerprint density at radius 1 is 0.920 bits per heavy atom. The quantitative estimate of drug-likeness (QED) is 0.394. The molecule has 138 valence electrons. The minimum absolute atomic E-state index is 0. The van der Waals surface area contributed by atoms with Crippen molar-refractivity contribution >= 4 is 39.5 Å². The van der Waals surface area contributed by atoms with Crippen molar-refractivity contribution < 1.29 is 25.8 Å². The van der Waals surface area contributed by atoms with Crippen LogP contribution in [0.3, 0.4) is 0 Å². The standard InChI is InChI=1S/C20H28NSi.2ClH.Hf/c1-13-11-9-10-12-17(13)22-20(8)16(4)14(2)15(3)18(20)21-19(5,6)7;;;/h9-12H,1-8H3;2*1H;/q-1;;;. The van der Waals surface area contributed by atoms with Gasteiger partial charge in [-0.05, 0) is 32.7 Å². The number of aryl methyl sites for hydroxylation is 1. The molecule has 1 nitrogen and oxygen atoms in total. The SMILES string of the molecule is CC1=C(C)C(C)([Si]c2ccccc2C)C([N-]C(C)(C)C)=C1C.Cl.Cl.[Hf]. The molecule has 0 aromatic heterocycles. The summed E-state index contributed by atoms with van der Waals surface area (Å²) in [6.45, 7) is 17.9. The zero-order valence-corrected chi connectivity index (χ0v) is 22.8. The summed E-state index contributed by atoms with van der Waals surface area (Å²) < 4.78 is 0. The van der Waals surface area contributed by atoms with Gasteiger partial charge in [-0.3, -0.25) is 0 Å². The van der Waals surface area contributed by atoms with Crippen LogP contribution in [0.2, 0.25) is 5.04 Å². The predicted molar refractivity (Wildman–Crippen MR) is 114 cm³/mol. The number of nitrogens with zero attached hydrogens (tertiary/aromatic N) is 1. The molecule has 0 amide bonds. The smallest absolute Gasteiger partial charge is 0.0963 e. The summed E-state index contributed by atoms with van der Waals surface area (Å²) in [6, 6.07) is 8.75. The van der Waals surface area contributed by atoms with Crippen molar-refractivity contribution in [1.82, 2.24) is 0 Å². The summed E-state index contributed by atoms with van der Waals surface area (Å²) in [5, 5.41) is 6.60. The molecule has 1 aromatic rings. The second-order valence-electron chi connectivity index (χ2n) is 7.57. The van der Waals surface area contributed by atoms with Crippen molar-refractivity contribution in [1.29, 1.82) is 0 Å². The Balaban J connectivity index is 0. The maximum Gasteiger partial charge on any atom is 0.0963 e. The van der Waals surface area contributed by atoms with E-state index < -0.39 is 0 Å². The van der Waals surface area contributed by atoms with E-state index in [0.717, 1.165) is 9.52 Å². The third-order valence-corrected chi connectivity index (χ3v) is 6.62. The summed E-state index contributed by atoms with van der Waals surface area (Å²) in [7, 11) is 0.719. The second kappa shape index (κ2) is 9.92. The normalized spacial score (nSPS) is 19.8. The molecule has 0 bridgehead atoms. The van der Waals surface area contributed by atoms with Gasteiger partial charge in [0.15, 0.2) is 0 Å². The first-order chi connectivity index (χ1) is 10.1. The van der Waals surface area contributed by atoms with E-state index in [4.69, 9.17) is 5.32 Å². The molecule has 2 rings (SSSR count). The van der Waals surface area contributed by atoms with Crippen molar-refractivity contribution in [3.63, 3.8) is 0 Å². The molecule has 0 aliphatic heterocycles. The summed E-state index contributed by atoms with van der Waals surface area (Å²) >= 11 is 0. The van der Waals surface area contributed by atoms with Crippen LogP contribution >= 0.6 is 24.8 Å². The molecule has 0 saturated heterocycles. The zero-order valence-electron chi connectivity index (χ0n) is 16.6. The molecule has 1 aliphatic carbocycles. The van der Waals surface area contributed by atoms with E-state index in [2.05, 4.69) is 79.7 Å². The third-order valence-electron chi connectivity index (χ3n) is 4.68. The van der Waals surface area contributed by atoms with Gasteiger partial charge in [0, 0.05) is 25.8 Å². The van der Waals surface area contributed by atoms with E-state index in [9.17, 15) is 0 Å². The van der Waals surface area contributed by atoms with Crippen LogP contribution in [0, 0.1) is 6.92 Å². The van der Waals surface area contributed by atoms with E-state index >= 15 is 0 Å². The molecule has 0 spiro atoms. The largest absolute Gasteiger partial charge is 0.682 e. The monoisotopic (exact) mass is 562 g/mol. The number of halogens is 2. The van der Waals surface area contributed by atoms with Crippen LogP contribution in [-0.4, -0.2) is 15.1 Å². The Bertz CT molecular complexity index is 662. The second-order valence-corrected chi connectivity index (χ2v) is 9.36. The molecule has 1 atom stereocenters. The van der Waals surface area contributed by atoms with E-state index in [1.54, 1.807) is 0 Å². The first-order valence-electron chi connectivity index (χ1n) is 8.02. The van der Waals surface area contributed by atoms with Gasteiger partial charge in [-0.1, -0.05) is 79.4 Å². The van der Waals surface area contributed by atoms with Gasteiger partial charge in [-0.15, -0.1) is 30.4 Å². The summed E-state index contributed by atoms with van der Waals surface area (Å²) in [6.07, 6.45) is 0. The first kappa shape index (κ1) is 27.4. The Labute approximate surface area is 187 Å². The number of hydrogen-bond donors (Lipinski definition) is 0. The molecule has 0 fully saturated rings. The topological polar surface area (TPSA) is 14.1 Å². The van der Waals surface area contributed by atoms with Gasteiger partial charge in [-0.25, -0.2) is 0 Å². The number of benzene rings is 1. The Hall–Kier alpha value is 0.167. The van der Waals surface area contributed by atoms with Gasteiger partial charge in [0.1, 0.15) is 0 Å². The van der Waals surface area contributed by atoms with Crippen molar-refractivity contribution in [2.75, 3.05) is 0 Å². The maximum absolute atomic E-state index is 5.11. The molecule has 2 radical (unpaired) electrons. The number of rotatable bonds is 3. The van der Waals surface area contributed by atoms with Crippen LogP contribution in [0.1, 0.15) is 54.0 Å². The first-order valence-corrected chi connectivity index (χ1v) is 9.02. The summed E-state index contributed by atoms with van der Waals surface area (Å²) in [5.74, 6) is 0. The van der Waals surface area contributed by atoms with E-state index in [0.29, 0.717) is 0 Å². The molecule has 0 N–H and O–H groups in total. The third kappa shape index (κ3) is 5.82. The van der Waals surface area contributed by atoms with Gasteiger partial charge in [0.2, 0.25) is 0 Å². The van der Waals surface area contributed by atoms with Crippen molar-refractivity contribution in [3.8, 4) is 0 Å². The van der Waals surface area contributed by atoms with Crippen LogP contribution in [0.25, 0.3) is 5.32 Å². The summed E-state index contributed by atoms with van der Waals surface area (Å²) in [4.78, 5) is 0. The predicted octanol–water partition coefficient (Wildman–Crippen LogP) is 6.14. The zero-order chi connectivity index (χ0) is 16.7. The van der Waals surface area contributed by atoms with Gasteiger partial charge < -0.3 is 5.32 Å². The fraction of sp³-hybridized carbons (Fsp3) is 0.500. The van der Waals surface area contributed by atoms with Crippen LogP contribution in [-0.2, 0) is 25.8 Å². The average Bonchev–Trinajstić information content (AvgIpc) is 2.56. The number of hydrogen-bond acceptors (Lipinski definition) is 0. The molecule has 1 unspecified atom stereocenters. The maximum atomic E-state index is 5.11. The molecule has 0 saturated carbocycles. The van der Waals surface area contributed by atoms with Crippen molar-refractivity contribution in [2.45, 2.75) is 66.0 Å². The molecular formula is C20H30Cl2HfNSi-. The fourth-order valence-electron chi connectivity index (χ4n) is 3.05. The van der Waals surface area contributed by atoms with E-state index in [1.807, 2.05) is 0 Å². The Kier molecular flexibility index (Phi) is 10.9. The van der Waals surface area contributed by atoms with Crippen molar-refractivity contribution in [2.24, 2.45) is 0 Å². The van der Waals surface area contributed by atoms with Crippen molar-refractivity contribution in [3.05, 3.63) is 57.6 Å². The minimum atomic E-state index is -0.0427. The number of allylic oxidation sites excluding steroid dienone is 3.